The van der Waals surface area contributed by atoms with E-state index in [0.717, 1.165) is 6.42 Å². The Morgan fingerprint density at radius 1 is 1.38 bits per heavy atom. The van der Waals surface area contributed by atoms with E-state index in [9.17, 15) is 5.11 Å². The highest BCUT2D eigenvalue weighted by Crippen LogP contribution is 2.33. The maximum Gasteiger partial charge on any atom is 0.0580 e. The first-order valence-corrected chi connectivity index (χ1v) is 5.05. The van der Waals surface area contributed by atoms with Crippen molar-refractivity contribution in [2.24, 2.45) is 0 Å². The van der Waals surface area contributed by atoms with E-state index in [2.05, 4.69) is 24.3 Å². The molecular formula is C12H16O. The van der Waals surface area contributed by atoms with Gasteiger partial charge in [0.25, 0.3) is 0 Å². The zero-order valence-electron chi connectivity index (χ0n) is 8.03. The number of aryl methyl sites for hydroxylation is 1. The summed E-state index contributed by atoms with van der Waals surface area (Å²) in [6.07, 6.45) is 3.32. The predicted octanol–water partition coefficient (Wildman–Crippen LogP) is 2.49. The topological polar surface area (TPSA) is 20.2 Å². The number of benzene rings is 1. The molecule has 0 bridgehead atoms. The van der Waals surface area contributed by atoms with Crippen LogP contribution in [0.4, 0.5) is 0 Å². The van der Waals surface area contributed by atoms with Crippen molar-refractivity contribution >= 4 is 0 Å². The molecule has 0 aromatic heterocycles. The van der Waals surface area contributed by atoms with Gasteiger partial charge >= 0.3 is 0 Å². The van der Waals surface area contributed by atoms with Gasteiger partial charge in [-0.3, -0.25) is 0 Å². The molecule has 1 aliphatic carbocycles. The monoisotopic (exact) mass is 176 g/mol. The molecule has 70 valence electrons. The van der Waals surface area contributed by atoms with Gasteiger partial charge in [0.1, 0.15) is 0 Å². The van der Waals surface area contributed by atoms with Crippen molar-refractivity contribution in [3.63, 3.8) is 0 Å². The van der Waals surface area contributed by atoms with E-state index in [4.69, 9.17) is 0 Å². The van der Waals surface area contributed by atoms with Crippen LogP contribution in [-0.4, -0.2) is 11.2 Å². The van der Waals surface area contributed by atoms with Crippen LogP contribution in [0.1, 0.15) is 36.8 Å². The summed E-state index contributed by atoms with van der Waals surface area (Å²) in [4.78, 5) is 0. The number of rotatable bonds is 1. The fraction of sp³-hybridized carbons (Fsp3) is 0.500. The quantitative estimate of drug-likeness (QED) is 0.697. The van der Waals surface area contributed by atoms with Gasteiger partial charge in [0.2, 0.25) is 0 Å². The minimum atomic E-state index is -0.207. The van der Waals surface area contributed by atoms with Gasteiger partial charge in [-0.2, -0.15) is 0 Å². The molecule has 0 aliphatic heterocycles. The van der Waals surface area contributed by atoms with Crippen LogP contribution in [0.3, 0.4) is 0 Å². The zero-order chi connectivity index (χ0) is 9.26. The molecule has 2 rings (SSSR count). The Balaban J connectivity index is 2.37. The third kappa shape index (κ3) is 1.61. The number of hydrogen-bond donors (Lipinski definition) is 1. The van der Waals surface area contributed by atoms with Crippen molar-refractivity contribution in [2.45, 2.75) is 38.2 Å². The molecule has 1 N–H and O–H groups in total. The fourth-order valence-corrected chi connectivity index (χ4v) is 2.29. The normalized spacial score (nSPS) is 23.7. The molecule has 1 aliphatic rings. The summed E-state index contributed by atoms with van der Waals surface area (Å²) in [5.41, 5.74) is 2.79. The largest absolute Gasteiger partial charge is 0.393 e. The molecule has 0 spiro atoms. The fourth-order valence-electron chi connectivity index (χ4n) is 2.29. The molecule has 1 heteroatoms. The van der Waals surface area contributed by atoms with Crippen LogP contribution in [0.5, 0.6) is 0 Å². The first kappa shape index (κ1) is 8.76. The van der Waals surface area contributed by atoms with E-state index in [-0.39, 0.29) is 6.10 Å². The summed E-state index contributed by atoms with van der Waals surface area (Å²) in [6, 6.07) is 8.50. The standard InChI is InChI=1S/C12H16O/c1-9(13)11-8-4-6-10-5-2-3-7-12(10)11/h2-3,5,7,9,11,13H,4,6,8H2,1H3. The zero-order valence-corrected chi connectivity index (χ0v) is 8.03. The van der Waals surface area contributed by atoms with Crippen LogP contribution in [0.15, 0.2) is 24.3 Å². The average Bonchev–Trinajstić information content (AvgIpc) is 2.17. The molecule has 1 aromatic rings. The molecule has 0 fully saturated rings. The molecule has 0 amide bonds. The molecule has 13 heavy (non-hydrogen) atoms. The van der Waals surface area contributed by atoms with Crippen molar-refractivity contribution in [1.29, 1.82) is 0 Å². The third-order valence-electron chi connectivity index (χ3n) is 3.00. The van der Waals surface area contributed by atoms with Crippen LogP contribution in [0, 0.1) is 0 Å². The van der Waals surface area contributed by atoms with Gasteiger partial charge in [-0.1, -0.05) is 24.3 Å². The van der Waals surface area contributed by atoms with E-state index < -0.39 is 0 Å². The maximum absolute atomic E-state index is 9.62. The summed E-state index contributed by atoms with van der Waals surface area (Å²) < 4.78 is 0. The van der Waals surface area contributed by atoms with E-state index in [0.29, 0.717) is 5.92 Å². The van der Waals surface area contributed by atoms with Gasteiger partial charge in [-0.05, 0) is 37.3 Å². The van der Waals surface area contributed by atoms with Crippen LogP contribution in [0.2, 0.25) is 0 Å². The molecular weight excluding hydrogens is 160 g/mol. The number of hydrogen-bond acceptors (Lipinski definition) is 1. The second kappa shape index (κ2) is 3.51. The lowest BCUT2D eigenvalue weighted by Crippen LogP contribution is -2.19. The average molecular weight is 176 g/mol. The molecule has 2 atom stereocenters. The van der Waals surface area contributed by atoms with Gasteiger partial charge < -0.3 is 5.11 Å². The van der Waals surface area contributed by atoms with Crippen molar-refractivity contribution in [3.05, 3.63) is 35.4 Å². The molecule has 2 unspecified atom stereocenters. The van der Waals surface area contributed by atoms with Crippen LogP contribution in [-0.2, 0) is 6.42 Å². The Bertz CT molecular complexity index is 291. The molecule has 0 saturated heterocycles. The predicted molar refractivity (Wildman–Crippen MR) is 53.8 cm³/mol. The Morgan fingerprint density at radius 2 is 2.15 bits per heavy atom. The van der Waals surface area contributed by atoms with Crippen molar-refractivity contribution in [3.8, 4) is 0 Å². The lowest BCUT2D eigenvalue weighted by molar-refractivity contribution is 0.153. The first-order chi connectivity index (χ1) is 6.29. The maximum atomic E-state index is 9.62. The Kier molecular flexibility index (Phi) is 2.36. The van der Waals surface area contributed by atoms with Gasteiger partial charge in [-0.15, -0.1) is 0 Å². The number of aliphatic hydroxyl groups is 1. The first-order valence-electron chi connectivity index (χ1n) is 5.05. The molecule has 1 aromatic carbocycles. The second-order valence-electron chi connectivity index (χ2n) is 3.94. The van der Waals surface area contributed by atoms with Gasteiger partial charge in [0.05, 0.1) is 6.10 Å². The van der Waals surface area contributed by atoms with Gasteiger partial charge in [0, 0.05) is 5.92 Å². The van der Waals surface area contributed by atoms with Crippen LogP contribution < -0.4 is 0 Å². The summed E-state index contributed by atoms with van der Waals surface area (Å²) in [6.45, 7) is 1.90. The van der Waals surface area contributed by atoms with E-state index >= 15 is 0 Å². The Morgan fingerprint density at radius 3 is 2.92 bits per heavy atom. The molecule has 0 heterocycles. The molecule has 0 radical (unpaired) electrons. The van der Waals surface area contributed by atoms with Gasteiger partial charge in [-0.25, -0.2) is 0 Å². The highest BCUT2D eigenvalue weighted by atomic mass is 16.3. The third-order valence-corrected chi connectivity index (χ3v) is 3.00. The lowest BCUT2D eigenvalue weighted by atomic mass is 9.80. The van der Waals surface area contributed by atoms with Crippen molar-refractivity contribution < 1.29 is 5.11 Å². The Labute approximate surface area is 79.4 Å². The van der Waals surface area contributed by atoms with Crippen LogP contribution in [0.25, 0.3) is 0 Å². The minimum Gasteiger partial charge on any atom is -0.393 e. The minimum absolute atomic E-state index is 0.207. The summed E-state index contributed by atoms with van der Waals surface area (Å²) in [5, 5.41) is 9.62. The van der Waals surface area contributed by atoms with E-state index in [1.54, 1.807) is 0 Å². The van der Waals surface area contributed by atoms with E-state index in [1.807, 2.05) is 6.92 Å². The number of aliphatic hydroxyl groups excluding tert-OH is 1. The SMILES string of the molecule is CC(O)C1CCCc2ccccc21. The second-order valence-corrected chi connectivity index (χ2v) is 3.94. The highest BCUT2D eigenvalue weighted by Gasteiger charge is 2.22. The summed E-state index contributed by atoms with van der Waals surface area (Å²) in [7, 11) is 0. The summed E-state index contributed by atoms with van der Waals surface area (Å²) in [5.74, 6) is 0.366. The van der Waals surface area contributed by atoms with Crippen molar-refractivity contribution in [1.82, 2.24) is 0 Å². The van der Waals surface area contributed by atoms with E-state index in [1.165, 1.54) is 24.0 Å². The molecule has 1 nitrogen and oxygen atoms in total. The summed E-state index contributed by atoms with van der Waals surface area (Å²) >= 11 is 0. The van der Waals surface area contributed by atoms with Gasteiger partial charge in [0.15, 0.2) is 0 Å². The smallest absolute Gasteiger partial charge is 0.0580 e. The molecule has 0 saturated carbocycles. The Hall–Kier alpha value is -0.820. The van der Waals surface area contributed by atoms with Crippen molar-refractivity contribution in [2.75, 3.05) is 0 Å². The lowest BCUT2D eigenvalue weighted by Gasteiger charge is -2.27. The number of fused-ring (bicyclic) bond motifs is 1. The highest BCUT2D eigenvalue weighted by molar-refractivity contribution is 5.33. The van der Waals surface area contributed by atoms with Crippen LogP contribution >= 0.6 is 0 Å².